The summed E-state index contributed by atoms with van der Waals surface area (Å²) in [6.45, 7) is 1.87. The molecule has 0 saturated heterocycles. The van der Waals surface area contributed by atoms with E-state index in [1.807, 2.05) is 0 Å². The van der Waals surface area contributed by atoms with Crippen molar-refractivity contribution in [1.29, 1.82) is 0 Å². The normalized spacial score (nSPS) is 16.0. The number of nitrogens with one attached hydrogen (secondary N) is 4. The maximum absolute atomic E-state index is 12.6. The molecule has 5 atom stereocenters. The van der Waals surface area contributed by atoms with E-state index < -0.39 is 60.6 Å². The predicted molar refractivity (Wildman–Crippen MR) is 98.1 cm³/mol. The van der Waals surface area contributed by atoms with Crippen LogP contribution >= 0.6 is 0 Å². The number of imidazole rings is 1. The number of carbonyl (C=O) groups excluding carboxylic acids is 3. The van der Waals surface area contributed by atoms with E-state index in [-0.39, 0.29) is 6.42 Å². The third-order valence-corrected chi connectivity index (χ3v) is 3.91. The van der Waals surface area contributed by atoms with Crippen LogP contribution in [0.5, 0.6) is 0 Å². The monoisotopic (exact) mass is 414 g/mol. The third-order valence-electron chi connectivity index (χ3n) is 3.91. The third kappa shape index (κ3) is 7.85. The van der Waals surface area contributed by atoms with E-state index in [1.165, 1.54) is 26.4 Å². The molecule has 162 valence electrons. The summed E-state index contributed by atoms with van der Waals surface area (Å²) in [5.74, 6) is -3.83. The molecule has 0 fully saturated rings. The molecular formula is C16H26N6O7. The zero-order valence-electron chi connectivity index (χ0n) is 16.0. The first-order chi connectivity index (χ1) is 13.5. The number of aromatic nitrogens is 2. The number of aliphatic carboxylic acids is 1. The Kier molecular flexibility index (Phi) is 9.18. The van der Waals surface area contributed by atoms with Gasteiger partial charge in [0.2, 0.25) is 17.7 Å². The number of carbonyl (C=O) groups is 4. The summed E-state index contributed by atoms with van der Waals surface area (Å²) >= 11 is 0. The number of rotatable bonds is 11. The number of aliphatic hydroxyl groups is 2. The summed E-state index contributed by atoms with van der Waals surface area (Å²) in [4.78, 5) is 54.1. The number of nitrogens with two attached hydrogens (primary N) is 1. The van der Waals surface area contributed by atoms with Gasteiger partial charge in [-0.25, -0.2) is 4.98 Å². The second-order valence-electron chi connectivity index (χ2n) is 6.45. The molecular weight excluding hydrogens is 388 g/mol. The van der Waals surface area contributed by atoms with Gasteiger partial charge in [-0.3, -0.25) is 19.2 Å². The summed E-state index contributed by atoms with van der Waals surface area (Å²) in [5.41, 5.74) is 5.99. The van der Waals surface area contributed by atoms with Gasteiger partial charge in [0.1, 0.15) is 24.7 Å². The van der Waals surface area contributed by atoms with Crippen LogP contribution in [0.15, 0.2) is 12.5 Å². The van der Waals surface area contributed by atoms with Gasteiger partial charge in [-0.1, -0.05) is 0 Å². The lowest BCUT2D eigenvalue weighted by atomic mass is 10.1. The maximum atomic E-state index is 12.6. The largest absolute Gasteiger partial charge is 0.480 e. The zero-order valence-corrected chi connectivity index (χ0v) is 16.0. The molecule has 0 aliphatic heterocycles. The van der Waals surface area contributed by atoms with Crippen LogP contribution in [0.4, 0.5) is 0 Å². The van der Waals surface area contributed by atoms with E-state index in [2.05, 4.69) is 25.9 Å². The summed E-state index contributed by atoms with van der Waals surface area (Å²) in [5, 5.41) is 34.7. The molecule has 1 heterocycles. The number of H-pyrrole nitrogens is 1. The van der Waals surface area contributed by atoms with Gasteiger partial charge < -0.3 is 42.0 Å². The molecule has 0 saturated carbocycles. The van der Waals surface area contributed by atoms with Gasteiger partial charge in [-0.05, 0) is 13.8 Å². The van der Waals surface area contributed by atoms with E-state index in [9.17, 15) is 29.4 Å². The molecule has 1 aromatic heterocycles. The molecule has 1 rings (SSSR count). The van der Waals surface area contributed by atoms with Crippen LogP contribution in [0.1, 0.15) is 19.5 Å². The SMILES string of the molecule is CC(O)C(N)C(=O)NC(C(=O)NC(Cc1cnc[nH]1)C(=O)NCC(=O)O)C(C)O. The first-order valence-electron chi connectivity index (χ1n) is 8.72. The van der Waals surface area contributed by atoms with Crippen molar-refractivity contribution >= 4 is 23.7 Å². The van der Waals surface area contributed by atoms with Gasteiger partial charge in [0.05, 0.1) is 18.5 Å². The Morgan fingerprint density at radius 3 is 2.24 bits per heavy atom. The highest BCUT2D eigenvalue weighted by Crippen LogP contribution is 2.02. The topological polar surface area (TPSA) is 220 Å². The Balaban J connectivity index is 2.91. The predicted octanol–water partition coefficient (Wildman–Crippen LogP) is -3.79. The summed E-state index contributed by atoms with van der Waals surface area (Å²) < 4.78 is 0. The molecule has 13 heteroatoms. The Hall–Kier alpha value is -3.03. The molecule has 1 aromatic rings. The van der Waals surface area contributed by atoms with E-state index in [0.29, 0.717) is 5.69 Å². The van der Waals surface area contributed by atoms with Crippen LogP contribution in [0, 0.1) is 0 Å². The molecule has 0 bridgehead atoms. The first kappa shape index (κ1) is 24.0. The average molecular weight is 414 g/mol. The highest BCUT2D eigenvalue weighted by Gasteiger charge is 2.32. The zero-order chi connectivity index (χ0) is 22.1. The van der Waals surface area contributed by atoms with Crippen molar-refractivity contribution in [2.24, 2.45) is 5.73 Å². The molecule has 29 heavy (non-hydrogen) atoms. The number of aromatic amines is 1. The summed E-state index contributed by atoms with van der Waals surface area (Å²) in [6.07, 6.45) is 0.182. The molecule has 0 aromatic carbocycles. The molecule has 13 nitrogen and oxygen atoms in total. The molecule has 0 aliphatic carbocycles. The number of hydrogen-bond acceptors (Lipinski definition) is 8. The standard InChI is InChI=1S/C16H26N6O7/c1-7(23)12(17)15(28)22-13(8(2)24)16(29)21-10(3-9-4-18-6-20-9)14(27)19-5-11(25)26/h4,6-8,10,12-13,23-24H,3,5,17H2,1-2H3,(H,18,20)(H,19,27)(H,21,29)(H,22,28)(H,25,26). The number of carboxylic acids is 1. The lowest BCUT2D eigenvalue weighted by Crippen LogP contribution is -2.60. The fourth-order valence-corrected chi connectivity index (χ4v) is 2.25. The second kappa shape index (κ2) is 11.1. The lowest BCUT2D eigenvalue weighted by molar-refractivity contribution is -0.139. The van der Waals surface area contributed by atoms with Crippen molar-refractivity contribution < 1.29 is 34.5 Å². The number of aliphatic hydroxyl groups excluding tert-OH is 2. The molecule has 0 spiro atoms. The molecule has 0 radical (unpaired) electrons. The number of amides is 3. The van der Waals surface area contributed by atoms with Crippen molar-refractivity contribution in [1.82, 2.24) is 25.9 Å². The van der Waals surface area contributed by atoms with Crippen LogP contribution < -0.4 is 21.7 Å². The fourth-order valence-electron chi connectivity index (χ4n) is 2.25. The Morgan fingerprint density at radius 2 is 1.76 bits per heavy atom. The maximum Gasteiger partial charge on any atom is 0.322 e. The number of nitrogens with zero attached hydrogens (tertiary/aromatic N) is 1. The molecule has 9 N–H and O–H groups in total. The van der Waals surface area contributed by atoms with E-state index in [1.54, 1.807) is 0 Å². The van der Waals surface area contributed by atoms with Gasteiger partial charge in [0.15, 0.2) is 0 Å². The van der Waals surface area contributed by atoms with E-state index in [4.69, 9.17) is 10.8 Å². The van der Waals surface area contributed by atoms with Crippen molar-refractivity contribution in [2.75, 3.05) is 6.54 Å². The highest BCUT2D eigenvalue weighted by atomic mass is 16.4. The number of carboxylic acid groups (broad SMARTS) is 1. The Morgan fingerprint density at radius 1 is 1.10 bits per heavy atom. The first-order valence-corrected chi connectivity index (χ1v) is 8.72. The van der Waals surface area contributed by atoms with Crippen LogP contribution in [0.2, 0.25) is 0 Å². The Bertz CT molecular complexity index is 707. The smallest absolute Gasteiger partial charge is 0.322 e. The highest BCUT2D eigenvalue weighted by molar-refractivity contribution is 5.94. The molecule has 5 unspecified atom stereocenters. The Labute approximate surface area is 166 Å². The minimum absolute atomic E-state index is 0.0507. The van der Waals surface area contributed by atoms with Crippen molar-refractivity contribution in [2.45, 2.75) is 50.6 Å². The van der Waals surface area contributed by atoms with E-state index in [0.717, 1.165) is 0 Å². The average Bonchev–Trinajstić information content (AvgIpc) is 3.15. The van der Waals surface area contributed by atoms with Gasteiger partial charge in [0.25, 0.3) is 0 Å². The van der Waals surface area contributed by atoms with E-state index >= 15 is 0 Å². The van der Waals surface area contributed by atoms with Gasteiger partial charge >= 0.3 is 5.97 Å². The van der Waals surface area contributed by atoms with Crippen molar-refractivity contribution in [3.05, 3.63) is 18.2 Å². The van der Waals surface area contributed by atoms with Crippen molar-refractivity contribution in [3.63, 3.8) is 0 Å². The van der Waals surface area contributed by atoms with Crippen LogP contribution in [-0.4, -0.2) is 85.9 Å². The summed E-state index contributed by atoms with van der Waals surface area (Å²) in [6, 6.07) is -4.02. The minimum atomic E-state index is -1.47. The number of hydrogen-bond donors (Lipinski definition) is 8. The van der Waals surface area contributed by atoms with Crippen LogP contribution in [-0.2, 0) is 25.6 Å². The van der Waals surface area contributed by atoms with Crippen LogP contribution in [0.25, 0.3) is 0 Å². The molecule has 3 amide bonds. The van der Waals surface area contributed by atoms with Crippen molar-refractivity contribution in [3.8, 4) is 0 Å². The quantitative estimate of drug-likeness (QED) is 0.178. The van der Waals surface area contributed by atoms with Crippen LogP contribution in [0.3, 0.4) is 0 Å². The molecule has 0 aliphatic rings. The second-order valence-corrected chi connectivity index (χ2v) is 6.45. The fraction of sp³-hybridized carbons (Fsp3) is 0.562. The minimum Gasteiger partial charge on any atom is -0.480 e. The lowest BCUT2D eigenvalue weighted by Gasteiger charge is -2.26. The van der Waals surface area contributed by atoms with Gasteiger partial charge in [-0.2, -0.15) is 0 Å². The van der Waals surface area contributed by atoms with Gasteiger partial charge in [-0.15, -0.1) is 0 Å². The van der Waals surface area contributed by atoms with Gasteiger partial charge in [0, 0.05) is 18.3 Å². The summed E-state index contributed by atoms with van der Waals surface area (Å²) in [7, 11) is 0.